The molecule has 0 radical (unpaired) electrons. The molecular formula is C31H52O4S. The fourth-order valence-corrected chi connectivity index (χ4v) is 13.1. The van der Waals surface area contributed by atoms with Crippen LogP contribution in [0, 0.1) is 56.2 Å². The van der Waals surface area contributed by atoms with E-state index in [4.69, 9.17) is 8.92 Å². The monoisotopic (exact) mass is 520 g/mol. The van der Waals surface area contributed by atoms with Gasteiger partial charge < -0.3 is 4.74 Å². The van der Waals surface area contributed by atoms with E-state index >= 15 is 0 Å². The van der Waals surface area contributed by atoms with Crippen LogP contribution in [-0.4, -0.2) is 33.5 Å². The molecule has 206 valence electrons. The number of fused-ring (bicyclic) bond motifs is 5. The van der Waals surface area contributed by atoms with Gasteiger partial charge in [0.2, 0.25) is 0 Å². The molecule has 5 aliphatic carbocycles. The Labute approximate surface area is 221 Å². The van der Waals surface area contributed by atoms with E-state index in [0.717, 1.165) is 31.3 Å². The van der Waals surface area contributed by atoms with E-state index in [0.29, 0.717) is 39.6 Å². The lowest BCUT2D eigenvalue weighted by atomic mass is 9.31. The van der Waals surface area contributed by atoms with E-state index in [2.05, 4.69) is 48.5 Å². The van der Waals surface area contributed by atoms with Crippen LogP contribution >= 0.6 is 0 Å². The molecule has 6 aliphatic rings. The maximum Gasteiger partial charge on any atom is 0.264 e. The molecule has 1 saturated heterocycles. The minimum Gasteiger partial charge on any atom is -0.377 e. The highest BCUT2D eigenvalue weighted by Gasteiger charge is 2.72. The van der Waals surface area contributed by atoms with Gasteiger partial charge in [-0.05, 0) is 120 Å². The Morgan fingerprint density at radius 2 is 1.44 bits per heavy atom. The van der Waals surface area contributed by atoms with Gasteiger partial charge in [0, 0.05) is 0 Å². The van der Waals surface area contributed by atoms with Crippen LogP contribution in [-0.2, 0) is 19.0 Å². The van der Waals surface area contributed by atoms with Crippen molar-refractivity contribution in [2.75, 3.05) is 12.9 Å². The van der Waals surface area contributed by atoms with Crippen molar-refractivity contribution in [3.8, 4) is 0 Å². The quantitative estimate of drug-likeness (QED) is 0.361. The Kier molecular flexibility index (Phi) is 5.46. The summed E-state index contributed by atoms with van der Waals surface area (Å²) < 4.78 is 36.6. The zero-order chi connectivity index (χ0) is 26.2. The number of rotatable bonds is 2. The first kappa shape index (κ1) is 26.1. The predicted molar refractivity (Wildman–Crippen MR) is 144 cm³/mol. The standard InChI is InChI=1S/C31H52O4S/c1-26(2)15-17-31-18-16-29(6)20(24(31)25(26)34-19-31)9-10-22-28(5)13-12-23(35-36(8,32)33)27(3,4)21(28)11-14-30(22,29)7/h20-25H,9-19H2,1-8H3/t20-,21+,22-,23?,24?,25?,28+,29-,30-,31-/m1/s1. The zero-order valence-electron chi connectivity index (χ0n) is 24.3. The van der Waals surface area contributed by atoms with Crippen molar-refractivity contribution in [3.63, 3.8) is 0 Å². The molecule has 0 amide bonds. The zero-order valence-corrected chi connectivity index (χ0v) is 25.1. The second-order valence-corrected chi connectivity index (χ2v) is 18.0. The molecule has 1 aliphatic heterocycles. The SMILES string of the molecule is CC1(C)CC[C@]23CC[C@]4(C)[C@H](CC[C@@H]5[C@@]6(C)CCC(OS(C)(=O)=O)C(C)(C)[C@@H]6CC[C@]54C)C2C1OC3. The average molecular weight is 521 g/mol. The Morgan fingerprint density at radius 1 is 0.750 bits per heavy atom. The molecule has 0 spiro atoms. The molecule has 6 rings (SSSR count). The molecule has 0 aromatic rings. The van der Waals surface area contributed by atoms with Gasteiger partial charge in [-0.2, -0.15) is 8.42 Å². The third-order valence-corrected chi connectivity index (χ3v) is 14.9. The minimum absolute atomic E-state index is 0.133. The van der Waals surface area contributed by atoms with Crippen LogP contribution in [0.1, 0.15) is 113 Å². The highest BCUT2D eigenvalue weighted by atomic mass is 32.2. The summed E-state index contributed by atoms with van der Waals surface area (Å²) in [6, 6.07) is 0. The summed E-state index contributed by atoms with van der Waals surface area (Å²) in [4.78, 5) is 0. The molecule has 4 nitrogen and oxygen atoms in total. The molecule has 3 unspecified atom stereocenters. The molecule has 6 fully saturated rings. The van der Waals surface area contributed by atoms with E-state index in [9.17, 15) is 8.42 Å². The lowest BCUT2D eigenvalue weighted by Gasteiger charge is -2.73. The summed E-state index contributed by atoms with van der Waals surface area (Å²) in [6.45, 7) is 18.5. The maximum absolute atomic E-state index is 12.1. The van der Waals surface area contributed by atoms with Crippen LogP contribution < -0.4 is 0 Å². The molecule has 36 heavy (non-hydrogen) atoms. The largest absolute Gasteiger partial charge is 0.377 e. The van der Waals surface area contributed by atoms with Crippen molar-refractivity contribution >= 4 is 10.1 Å². The van der Waals surface area contributed by atoms with Crippen LogP contribution in [0.2, 0.25) is 0 Å². The first-order valence-electron chi connectivity index (χ1n) is 15.0. The molecular weight excluding hydrogens is 468 g/mol. The Balaban J connectivity index is 1.35. The van der Waals surface area contributed by atoms with Crippen LogP contribution in [0.3, 0.4) is 0 Å². The van der Waals surface area contributed by atoms with Crippen molar-refractivity contribution < 1.29 is 17.3 Å². The lowest BCUT2D eigenvalue weighted by molar-refractivity contribution is -0.250. The van der Waals surface area contributed by atoms with Crippen molar-refractivity contribution in [1.29, 1.82) is 0 Å². The topological polar surface area (TPSA) is 52.6 Å². The van der Waals surface area contributed by atoms with Gasteiger partial charge in [-0.25, -0.2) is 0 Å². The van der Waals surface area contributed by atoms with Gasteiger partial charge in [0.25, 0.3) is 10.1 Å². The molecule has 5 saturated carbocycles. The van der Waals surface area contributed by atoms with Crippen LogP contribution in [0.15, 0.2) is 0 Å². The van der Waals surface area contributed by atoms with Gasteiger partial charge in [0.15, 0.2) is 0 Å². The summed E-state index contributed by atoms with van der Waals surface area (Å²) >= 11 is 0. The summed E-state index contributed by atoms with van der Waals surface area (Å²) in [7, 11) is -3.45. The van der Waals surface area contributed by atoms with Gasteiger partial charge in [-0.3, -0.25) is 4.18 Å². The molecule has 10 atom stereocenters. The van der Waals surface area contributed by atoms with Crippen molar-refractivity contribution in [2.45, 2.75) is 125 Å². The number of ether oxygens (including phenoxy) is 1. The Morgan fingerprint density at radius 3 is 2.14 bits per heavy atom. The lowest BCUT2D eigenvalue weighted by Crippen LogP contribution is -2.67. The van der Waals surface area contributed by atoms with Crippen molar-refractivity contribution in [1.82, 2.24) is 0 Å². The summed E-state index contributed by atoms with van der Waals surface area (Å²) in [6.07, 6.45) is 14.0. The normalized spacial score (nSPS) is 55.1. The third kappa shape index (κ3) is 3.20. The fourth-order valence-electron chi connectivity index (χ4n) is 12.3. The van der Waals surface area contributed by atoms with Gasteiger partial charge >= 0.3 is 0 Å². The van der Waals surface area contributed by atoms with Crippen LogP contribution in [0.5, 0.6) is 0 Å². The second-order valence-electron chi connectivity index (χ2n) is 16.4. The molecule has 0 N–H and O–H groups in total. The molecule has 0 aromatic heterocycles. The first-order chi connectivity index (χ1) is 16.5. The Bertz CT molecular complexity index is 1030. The molecule has 1 heterocycles. The number of hydrogen-bond acceptors (Lipinski definition) is 4. The van der Waals surface area contributed by atoms with Gasteiger partial charge in [0.1, 0.15) is 0 Å². The second kappa shape index (κ2) is 7.53. The summed E-state index contributed by atoms with van der Waals surface area (Å²) in [5.41, 5.74) is 1.56. The van der Waals surface area contributed by atoms with E-state index in [-0.39, 0.29) is 16.9 Å². The van der Waals surface area contributed by atoms with E-state index in [1.807, 2.05) is 0 Å². The van der Waals surface area contributed by atoms with Crippen molar-refractivity contribution in [2.24, 2.45) is 56.2 Å². The molecule has 2 bridgehead atoms. The molecule has 0 aromatic carbocycles. The highest BCUT2D eigenvalue weighted by molar-refractivity contribution is 7.86. The number of hydrogen-bond donors (Lipinski definition) is 0. The highest BCUT2D eigenvalue weighted by Crippen LogP contribution is 2.78. The predicted octanol–water partition coefficient (Wildman–Crippen LogP) is 7.22. The smallest absolute Gasteiger partial charge is 0.264 e. The van der Waals surface area contributed by atoms with E-state index in [1.54, 1.807) is 0 Å². The minimum atomic E-state index is -3.45. The van der Waals surface area contributed by atoms with Gasteiger partial charge in [-0.15, -0.1) is 0 Å². The molecule has 5 heteroatoms. The first-order valence-corrected chi connectivity index (χ1v) is 16.8. The van der Waals surface area contributed by atoms with Crippen molar-refractivity contribution in [3.05, 3.63) is 0 Å². The average Bonchev–Trinajstić information content (AvgIpc) is 3.09. The fraction of sp³-hybridized carbons (Fsp3) is 1.00. The summed E-state index contributed by atoms with van der Waals surface area (Å²) in [5, 5.41) is 0. The summed E-state index contributed by atoms with van der Waals surface area (Å²) in [5.74, 6) is 2.72. The van der Waals surface area contributed by atoms with Crippen LogP contribution in [0.25, 0.3) is 0 Å². The van der Waals surface area contributed by atoms with Gasteiger partial charge in [-0.1, -0.05) is 48.5 Å². The van der Waals surface area contributed by atoms with E-state index < -0.39 is 10.1 Å². The Hall–Kier alpha value is -0.130. The van der Waals surface area contributed by atoms with Gasteiger partial charge in [0.05, 0.1) is 25.1 Å². The maximum atomic E-state index is 12.1. The van der Waals surface area contributed by atoms with Crippen LogP contribution in [0.4, 0.5) is 0 Å². The van der Waals surface area contributed by atoms with E-state index in [1.165, 1.54) is 57.6 Å². The third-order valence-electron chi connectivity index (χ3n) is 14.4.